The predicted octanol–water partition coefficient (Wildman–Crippen LogP) is 4.00. The van der Waals surface area contributed by atoms with E-state index in [2.05, 4.69) is 15.4 Å². The fourth-order valence-electron chi connectivity index (χ4n) is 4.03. The minimum absolute atomic E-state index is 0.119. The van der Waals surface area contributed by atoms with Crippen LogP contribution in [-0.4, -0.2) is 25.8 Å². The number of anilines is 1. The maximum absolute atomic E-state index is 12.4. The van der Waals surface area contributed by atoms with Crippen LogP contribution in [0.25, 0.3) is 11.4 Å². The average Bonchev–Trinajstić information content (AvgIpc) is 3.26. The molecule has 34 heavy (non-hydrogen) atoms. The Kier molecular flexibility index (Phi) is 5.47. The van der Waals surface area contributed by atoms with Crippen LogP contribution in [0.2, 0.25) is 0 Å². The van der Waals surface area contributed by atoms with Crippen LogP contribution in [0.5, 0.6) is 11.5 Å². The van der Waals surface area contributed by atoms with E-state index in [0.29, 0.717) is 41.0 Å². The zero-order valence-electron chi connectivity index (χ0n) is 18.5. The molecule has 4 N–H and O–H groups in total. The molecule has 0 bridgehead atoms. The summed E-state index contributed by atoms with van der Waals surface area (Å²) in [6.45, 7) is 2.25. The van der Waals surface area contributed by atoms with Gasteiger partial charge in [-0.25, -0.2) is 4.68 Å². The topological polar surface area (TPSA) is 115 Å². The molecule has 8 nitrogen and oxygen atoms in total. The van der Waals surface area contributed by atoms with E-state index in [0.717, 1.165) is 11.1 Å². The molecule has 0 saturated heterocycles. The molecule has 0 spiro atoms. The van der Waals surface area contributed by atoms with E-state index in [1.54, 1.807) is 29.8 Å². The summed E-state index contributed by atoms with van der Waals surface area (Å²) in [7, 11) is 0. The van der Waals surface area contributed by atoms with E-state index >= 15 is 0 Å². The Balaban J connectivity index is 1.48. The number of nitrogens with zero attached hydrogens (tertiary/aromatic N) is 3. The highest BCUT2D eigenvalue weighted by Gasteiger charge is 2.33. The number of phenolic OH excluding ortho intramolecular Hbond substituents is 1. The molecule has 8 heteroatoms. The van der Waals surface area contributed by atoms with Crippen LogP contribution < -0.4 is 15.8 Å². The lowest BCUT2D eigenvalue weighted by Gasteiger charge is -2.27. The second-order valence-corrected chi connectivity index (χ2v) is 8.03. The van der Waals surface area contributed by atoms with Crippen molar-refractivity contribution in [2.24, 2.45) is 5.73 Å². The first-order valence-corrected chi connectivity index (χ1v) is 10.8. The summed E-state index contributed by atoms with van der Waals surface area (Å²) in [5.41, 5.74) is 9.33. The summed E-state index contributed by atoms with van der Waals surface area (Å²) < 4.78 is 7.54. The van der Waals surface area contributed by atoms with Gasteiger partial charge in [-0.3, -0.25) is 4.79 Å². The number of ether oxygens (including phenoxy) is 1. The van der Waals surface area contributed by atoms with E-state index in [1.165, 1.54) is 0 Å². The number of hydrogen-bond donors (Lipinski definition) is 3. The fourth-order valence-corrected chi connectivity index (χ4v) is 4.03. The number of nitrogens with one attached hydrogen (secondary N) is 1. The summed E-state index contributed by atoms with van der Waals surface area (Å²) in [5.74, 6) is 1.19. The SMILES string of the molecule is CC1=C(C(N)=O)C(c2ccc(OCc3ccccc3)cc2)n2nc(-c3cccc(O)c3)nc2N1. The summed E-state index contributed by atoms with van der Waals surface area (Å²) in [4.78, 5) is 17.0. The molecule has 0 aliphatic carbocycles. The van der Waals surface area contributed by atoms with Gasteiger partial charge in [0.1, 0.15) is 24.1 Å². The van der Waals surface area contributed by atoms with Crippen LogP contribution in [0.1, 0.15) is 24.1 Å². The zero-order chi connectivity index (χ0) is 23.7. The first-order valence-electron chi connectivity index (χ1n) is 10.8. The largest absolute Gasteiger partial charge is 0.508 e. The van der Waals surface area contributed by atoms with E-state index in [9.17, 15) is 9.90 Å². The highest BCUT2D eigenvalue weighted by Crippen LogP contribution is 2.36. The van der Waals surface area contributed by atoms with Gasteiger partial charge in [0.25, 0.3) is 0 Å². The number of carbonyl (C=O) groups excluding carboxylic acids is 1. The number of aromatic nitrogens is 3. The van der Waals surface area contributed by atoms with E-state index in [1.807, 2.05) is 60.7 Å². The number of carbonyl (C=O) groups is 1. The van der Waals surface area contributed by atoms with E-state index in [4.69, 9.17) is 10.5 Å². The molecule has 1 aliphatic heterocycles. The average molecular weight is 454 g/mol. The minimum atomic E-state index is -0.560. The normalized spacial score (nSPS) is 14.9. The Bertz CT molecular complexity index is 1380. The Morgan fingerprint density at radius 2 is 1.85 bits per heavy atom. The van der Waals surface area contributed by atoms with Crippen LogP contribution in [0.4, 0.5) is 5.95 Å². The number of aromatic hydroxyl groups is 1. The Morgan fingerprint density at radius 1 is 1.09 bits per heavy atom. The number of primary amides is 1. The number of allylic oxidation sites excluding steroid dienone is 1. The van der Waals surface area contributed by atoms with Crippen molar-refractivity contribution in [2.75, 3.05) is 5.32 Å². The fraction of sp³-hybridized carbons (Fsp3) is 0.115. The summed E-state index contributed by atoms with van der Waals surface area (Å²) >= 11 is 0. The Labute approximate surface area is 196 Å². The second kappa shape index (κ2) is 8.74. The molecule has 1 aromatic heterocycles. The predicted molar refractivity (Wildman–Crippen MR) is 128 cm³/mol. The van der Waals surface area contributed by atoms with Crippen molar-refractivity contribution in [3.8, 4) is 22.9 Å². The standard InChI is InChI=1S/C26H23N5O3/c1-16-22(24(27)33)23(18-10-12-21(13-11-18)34-15-17-6-3-2-4-7-17)31-26(28-16)29-25(30-31)19-8-5-9-20(32)14-19/h2-14,23,32H,15H2,1H3,(H2,27,33)(H,28,29,30). The maximum atomic E-state index is 12.4. The highest BCUT2D eigenvalue weighted by molar-refractivity contribution is 5.95. The van der Waals surface area contributed by atoms with Crippen LogP contribution in [0.15, 0.2) is 90.1 Å². The monoisotopic (exact) mass is 453 g/mol. The Hall–Kier alpha value is -4.59. The van der Waals surface area contributed by atoms with Gasteiger partial charge in [0, 0.05) is 11.3 Å². The summed E-state index contributed by atoms with van der Waals surface area (Å²) in [6.07, 6.45) is 0. The molecule has 0 radical (unpaired) electrons. The van der Waals surface area contributed by atoms with Gasteiger partial charge in [0.2, 0.25) is 11.9 Å². The smallest absolute Gasteiger partial charge is 0.248 e. The quantitative estimate of drug-likeness (QED) is 0.406. The van der Waals surface area contributed by atoms with E-state index in [-0.39, 0.29) is 5.75 Å². The number of phenols is 1. The third kappa shape index (κ3) is 4.09. The molecule has 2 heterocycles. The number of rotatable bonds is 6. The van der Waals surface area contributed by atoms with Gasteiger partial charge in [-0.2, -0.15) is 4.98 Å². The summed E-state index contributed by atoms with van der Waals surface area (Å²) in [5, 5.41) is 17.6. The Morgan fingerprint density at radius 3 is 2.56 bits per heavy atom. The first kappa shape index (κ1) is 21.3. The molecule has 1 aliphatic rings. The lowest BCUT2D eigenvalue weighted by atomic mass is 9.95. The third-order valence-corrected chi connectivity index (χ3v) is 5.67. The molecule has 0 saturated carbocycles. The minimum Gasteiger partial charge on any atom is -0.508 e. The molecular weight excluding hydrogens is 430 g/mol. The lowest BCUT2D eigenvalue weighted by Crippen LogP contribution is -2.31. The molecule has 0 fully saturated rings. The van der Waals surface area contributed by atoms with Crippen LogP contribution >= 0.6 is 0 Å². The van der Waals surface area contributed by atoms with Gasteiger partial charge in [-0.1, -0.05) is 54.6 Å². The van der Waals surface area contributed by atoms with E-state index < -0.39 is 11.9 Å². The molecular formula is C26H23N5O3. The van der Waals surface area contributed by atoms with Crippen molar-refractivity contribution in [1.82, 2.24) is 14.8 Å². The molecule has 3 aromatic carbocycles. The molecule has 4 aromatic rings. The lowest BCUT2D eigenvalue weighted by molar-refractivity contribution is -0.115. The van der Waals surface area contributed by atoms with Crippen molar-refractivity contribution in [3.63, 3.8) is 0 Å². The zero-order valence-corrected chi connectivity index (χ0v) is 18.5. The van der Waals surface area contributed by atoms with Crippen LogP contribution in [-0.2, 0) is 11.4 Å². The van der Waals surface area contributed by atoms with Gasteiger partial charge in [-0.15, -0.1) is 5.10 Å². The molecule has 170 valence electrons. The van der Waals surface area contributed by atoms with Crippen LogP contribution in [0, 0.1) is 0 Å². The maximum Gasteiger partial charge on any atom is 0.248 e. The van der Waals surface area contributed by atoms with Gasteiger partial charge < -0.3 is 20.9 Å². The molecule has 1 unspecified atom stereocenters. The van der Waals surface area contributed by atoms with Crippen molar-refractivity contribution >= 4 is 11.9 Å². The van der Waals surface area contributed by atoms with Crippen LogP contribution in [0.3, 0.4) is 0 Å². The highest BCUT2D eigenvalue weighted by atomic mass is 16.5. The molecule has 5 rings (SSSR count). The number of hydrogen-bond acceptors (Lipinski definition) is 6. The van der Waals surface area contributed by atoms with Gasteiger partial charge >= 0.3 is 0 Å². The van der Waals surface area contributed by atoms with Gasteiger partial charge in [-0.05, 0) is 42.3 Å². The number of benzene rings is 3. The van der Waals surface area contributed by atoms with Gasteiger partial charge in [0.15, 0.2) is 5.82 Å². The first-order chi connectivity index (χ1) is 16.5. The van der Waals surface area contributed by atoms with Gasteiger partial charge in [0.05, 0.1) is 5.57 Å². The second-order valence-electron chi connectivity index (χ2n) is 8.03. The number of amides is 1. The van der Waals surface area contributed by atoms with Crippen molar-refractivity contribution in [3.05, 3.63) is 101 Å². The summed E-state index contributed by atoms with van der Waals surface area (Å²) in [6, 6.07) is 23.6. The van der Waals surface area contributed by atoms with Crippen molar-refractivity contribution in [1.29, 1.82) is 0 Å². The van der Waals surface area contributed by atoms with Crippen molar-refractivity contribution < 1.29 is 14.6 Å². The van der Waals surface area contributed by atoms with Crippen molar-refractivity contribution in [2.45, 2.75) is 19.6 Å². The molecule has 1 amide bonds. The number of fused-ring (bicyclic) bond motifs is 1. The molecule has 1 atom stereocenters. The third-order valence-electron chi connectivity index (χ3n) is 5.67. The number of nitrogens with two attached hydrogens (primary N) is 1.